The van der Waals surface area contributed by atoms with Crippen molar-refractivity contribution in [3.8, 4) is 5.75 Å². The summed E-state index contributed by atoms with van der Waals surface area (Å²) in [6.07, 6.45) is 4.17. The first-order valence-corrected chi connectivity index (χ1v) is 8.74. The molecule has 0 aliphatic rings. The summed E-state index contributed by atoms with van der Waals surface area (Å²) in [6.45, 7) is 0.186. The Bertz CT molecular complexity index is 937. The minimum atomic E-state index is -3.74. The minimum absolute atomic E-state index is 0.0456. The number of nitrogens with zero attached hydrogens (tertiary/aromatic N) is 2. The lowest BCUT2D eigenvalue weighted by atomic mass is 10.3. The van der Waals surface area contributed by atoms with Gasteiger partial charge in [-0.05, 0) is 24.3 Å². The zero-order valence-corrected chi connectivity index (χ0v) is 13.8. The van der Waals surface area contributed by atoms with E-state index >= 15 is 0 Å². The van der Waals surface area contributed by atoms with Crippen LogP contribution in [0.15, 0.2) is 53.7 Å². The molecule has 0 fully saturated rings. The van der Waals surface area contributed by atoms with Gasteiger partial charge < -0.3 is 9.14 Å². The van der Waals surface area contributed by atoms with E-state index in [0.717, 1.165) is 23.5 Å². The molecule has 0 saturated heterocycles. The molecular weight excluding hydrogens is 333 g/mol. The lowest BCUT2D eigenvalue weighted by Gasteiger charge is -2.08. The third-order valence-electron chi connectivity index (χ3n) is 3.52. The predicted octanol–water partition coefficient (Wildman–Crippen LogP) is 2.00. The first kappa shape index (κ1) is 16.4. The molecule has 126 valence electrons. The minimum Gasteiger partial charge on any atom is -0.494 e. The largest absolute Gasteiger partial charge is 0.494 e. The van der Waals surface area contributed by atoms with E-state index in [4.69, 9.17) is 4.74 Å². The molecular formula is C16H16FN3O3S. The fraction of sp³-hybridized carbons (Fsp3) is 0.188. The monoisotopic (exact) mass is 349 g/mol. The number of methoxy groups -OCH3 is 1. The van der Waals surface area contributed by atoms with Crippen LogP contribution in [-0.4, -0.2) is 31.5 Å². The van der Waals surface area contributed by atoms with Gasteiger partial charge >= 0.3 is 0 Å². The molecule has 0 atom stereocenters. The summed E-state index contributed by atoms with van der Waals surface area (Å²) in [6, 6.07) is 9.07. The van der Waals surface area contributed by atoms with E-state index in [1.54, 1.807) is 0 Å². The van der Waals surface area contributed by atoms with Crippen LogP contribution in [0.3, 0.4) is 0 Å². The second-order valence-corrected chi connectivity index (χ2v) is 6.91. The highest BCUT2D eigenvalue weighted by Gasteiger charge is 2.16. The average molecular weight is 349 g/mol. The zero-order chi connectivity index (χ0) is 17.2. The summed E-state index contributed by atoms with van der Waals surface area (Å²) in [4.78, 5) is 4.36. The number of nitrogens with one attached hydrogen (secondary N) is 1. The number of imidazole rings is 1. The molecule has 0 aliphatic heterocycles. The molecule has 8 heteroatoms. The van der Waals surface area contributed by atoms with Crippen LogP contribution in [0, 0.1) is 5.82 Å². The lowest BCUT2D eigenvalue weighted by Crippen LogP contribution is -2.26. The number of sulfonamides is 1. The van der Waals surface area contributed by atoms with Crippen LogP contribution < -0.4 is 9.46 Å². The van der Waals surface area contributed by atoms with Gasteiger partial charge in [0.2, 0.25) is 10.0 Å². The Kier molecular flexibility index (Phi) is 4.50. The van der Waals surface area contributed by atoms with Crippen molar-refractivity contribution in [3.63, 3.8) is 0 Å². The lowest BCUT2D eigenvalue weighted by molar-refractivity contribution is 0.385. The van der Waals surface area contributed by atoms with Gasteiger partial charge in [0.25, 0.3) is 0 Å². The van der Waals surface area contributed by atoms with E-state index in [0.29, 0.717) is 6.42 Å². The van der Waals surface area contributed by atoms with Crippen molar-refractivity contribution in [2.45, 2.75) is 11.3 Å². The Labute approximate surface area is 139 Å². The number of fused-ring (bicyclic) bond motifs is 1. The highest BCUT2D eigenvalue weighted by Crippen LogP contribution is 2.21. The molecule has 1 N–H and O–H groups in total. The maximum Gasteiger partial charge on any atom is 0.240 e. The molecule has 0 aliphatic carbocycles. The van der Waals surface area contributed by atoms with Crippen molar-refractivity contribution in [2.24, 2.45) is 0 Å². The Morgan fingerprint density at radius 3 is 2.88 bits per heavy atom. The van der Waals surface area contributed by atoms with Gasteiger partial charge in [-0.2, -0.15) is 0 Å². The quantitative estimate of drug-likeness (QED) is 0.739. The summed E-state index contributed by atoms with van der Waals surface area (Å²) in [7, 11) is -2.46. The van der Waals surface area contributed by atoms with E-state index in [2.05, 4.69) is 9.71 Å². The van der Waals surface area contributed by atoms with Gasteiger partial charge in [-0.3, -0.25) is 0 Å². The standard InChI is InChI=1S/C16H16FN3O3S/c1-23-15-10-13(5-6-14(15)17)24(21,22)18-8-7-12-11-20-9-3-2-4-16(20)19-12/h2-6,9-11,18H,7-8H2,1H3. The first-order chi connectivity index (χ1) is 11.5. The SMILES string of the molecule is COc1cc(S(=O)(=O)NCCc2cn3ccccc3n2)ccc1F. The average Bonchev–Trinajstić information content (AvgIpc) is 2.97. The van der Waals surface area contributed by atoms with E-state index < -0.39 is 15.8 Å². The third kappa shape index (κ3) is 3.39. The Morgan fingerprint density at radius 1 is 1.29 bits per heavy atom. The van der Waals surface area contributed by atoms with Crippen LogP contribution >= 0.6 is 0 Å². The number of halogens is 1. The van der Waals surface area contributed by atoms with Crippen LogP contribution in [0.2, 0.25) is 0 Å². The van der Waals surface area contributed by atoms with Crippen molar-refractivity contribution in [2.75, 3.05) is 13.7 Å². The van der Waals surface area contributed by atoms with Crippen molar-refractivity contribution in [1.82, 2.24) is 14.1 Å². The van der Waals surface area contributed by atoms with Crippen LogP contribution in [0.4, 0.5) is 4.39 Å². The molecule has 2 aromatic heterocycles. The van der Waals surface area contributed by atoms with Crippen LogP contribution in [0.25, 0.3) is 5.65 Å². The fourth-order valence-corrected chi connectivity index (χ4v) is 3.36. The highest BCUT2D eigenvalue weighted by molar-refractivity contribution is 7.89. The molecule has 3 aromatic rings. The Hall–Kier alpha value is -2.45. The van der Waals surface area contributed by atoms with Crippen LogP contribution in [-0.2, 0) is 16.4 Å². The first-order valence-electron chi connectivity index (χ1n) is 7.25. The van der Waals surface area contributed by atoms with Gasteiger partial charge in [0.05, 0.1) is 17.7 Å². The van der Waals surface area contributed by atoms with Crippen molar-refractivity contribution in [1.29, 1.82) is 0 Å². The normalized spacial score (nSPS) is 11.8. The van der Waals surface area contributed by atoms with E-state index in [1.165, 1.54) is 13.2 Å². The van der Waals surface area contributed by atoms with Crippen LogP contribution in [0.5, 0.6) is 5.75 Å². The van der Waals surface area contributed by atoms with Gasteiger partial charge in [-0.25, -0.2) is 22.5 Å². The molecule has 3 rings (SSSR count). The van der Waals surface area contributed by atoms with Gasteiger partial charge in [-0.1, -0.05) is 6.07 Å². The maximum absolute atomic E-state index is 13.4. The van der Waals surface area contributed by atoms with Crippen molar-refractivity contribution < 1.29 is 17.5 Å². The molecule has 0 unspecified atom stereocenters. The molecule has 0 radical (unpaired) electrons. The van der Waals surface area contributed by atoms with Gasteiger partial charge in [0.1, 0.15) is 5.65 Å². The van der Waals surface area contributed by atoms with E-state index in [1.807, 2.05) is 35.0 Å². The zero-order valence-electron chi connectivity index (χ0n) is 12.9. The molecule has 24 heavy (non-hydrogen) atoms. The Balaban J connectivity index is 1.68. The fourth-order valence-electron chi connectivity index (χ4n) is 2.31. The van der Waals surface area contributed by atoms with Crippen LogP contribution in [0.1, 0.15) is 5.69 Å². The number of hydrogen-bond donors (Lipinski definition) is 1. The van der Waals surface area contributed by atoms with Crippen molar-refractivity contribution >= 4 is 15.7 Å². The van der Waals surface area contributed by atoms with E-state index in [9.17, 15) is 12.8 Å². The summed E-state index contributed by atoms with van der Waals surface area (Å²) in [5, 5.41) is 0. The van der Waals surface area contributed by atoms with Crippen molar-refractivity contribution in [3.05, 3.63) is 60.3 Å². The van der Waals surface area contributed by atoms with Gasteiger partial charge in [0, 0.05) is 31.4 Å². The number of hydrogen-bond acceptors (Lipinski definition) is 4. The molecule has 6 nitrogen and oxygen atoms in total. The second kappa shape index (κ2) is 6.58. The Morgan fingerprint density at radius 2 is 2.12 bits per heavy atom. The number of benzene rings is 1. The second-order valence-electron chi connectivity index (χ2n) is 5.14. The molecule has 0 amide bonds. The van der Waals surface area contributed by atoms with Gasteiger partial charge in [-0.15, -0.1) is 0 Å². The molecule has 0 spiro atoms. The highest BCUT2D eigenvalue weighted by atomic mass is 32.2. The van der Waals surface area contributed by atoms with Gasteiger partial charge in [0.15, 0.2) is 11.6 Å². The number of rotatable bonds is 6. The number of ether oxygens (including phenoxy) is 1. The molecule has 1 aromatic carbocycles. The molecule has 2 heterocycles. The number of aromatic nitrogens is 2. The topological polar surface area (TPSA) is 72.7 Å². The summed E-state index contributed by atoms with van der Waals surface area (Å²) in [5.74, 6) is -0.723. The third-order valence-corrected chi connectivity index (χ3v) is 4.98. The molecule has 0 bridgehead atoms. The van der Waals surface area contributed by atoms with E-state index in [-0.39, 0.29) is 17.2 Å². The summed E-state index contributed by atoms with van der Waals surface area (Å²) >= 11 is 0. The maximum atomic E-state index is 13.4. The smallest absolute Gasteiger partial charge is 0.240 e. The molecule has 0 saturated carbocycles. The summed E-state index contributed by atoms with van der Waals surface area (Å²) < 4.78 is 47.1. The summed E-state index contributed by atoms with van der Waals surface area (Å²) in [5.41, 5.74) is 1.58. The number of pyridine rings is 1. The predicted molar refractivity (Wildman–Crippen MR) is 87.0 cm³/mol.